The zero-order chi connectivity index (χ0) is 13.6. The summed E-state index contributed by atoms with van der Waals surface area (Å²) in [5.41, 5.74) is 2.11. The van der Waals surface area contributed by atoms with Gasteiger partial charge in [-0.1, -0.05) is 22.0 Å². The Labute approximate surface area is 130 Å². The molecule has 1 N–H and O–H groups in total. The molecule has 1 aromatic heterocycles. The molecule has 2 nitrogen and oxygen atoms in total. The Kier molecular flexibility index (Phi) is 3.32. The number of fused-ring (bicyclic) bond motifs is 1. The number of hydrogen-bond acceptors (Lipinski definition) is 1. The Morgan fingerprint density at radius 3 is 2.68 bits per heavy atom. The van der Waals surface area contributed by atoms with Crippen molar-refractivity contribution in [2.45, 2.75) is 0 Å². The molecule has 0 fully saturated rings. The van der Waals surface area contributed by atoms with Gasteiger partial charge in [-0.05, 0) is 58.5 Å². The predicted molar refractivity (Wildman–Crippen MR) is 83.8 cm³/mol. The summed E-state index contributed by atoms with van der Waals surface area (Å²) in [5.74, 6) is -0.325. The van der Waals surface area contributed by atoms with Gasteiger partial charge in [-0.15, -0.1) is 0 Å². The summed E-state index contributed by atoms with van der Waals surface area (Å²) in [6, 6.07) is 10.6. The number of H-pyrrole nitrogens is 1. The summed E-state index contributed by atoms with van der Waals surface area (Å²) in [6.07, 6.45) is 0. The van der Waals surface area contributed by atoms with Crippen molar-refractivity contribution >= 4 is 55.1 Å². The van der Waals surface area contributed by atoms with Gasteiger partial charge in [-0.3, -0.25) is 4.57 Å². The van der Waals surface area contributed by atoms with E-state index in [1.165, 1.54) is 6.07 Å². The van der Waals surface area contributed by atoms with Crippen LogP contribution in [0, 0.1) is 10.6 Å². The van der Waals surface area contributed by atoms with E-state index in [2.05, 4.69) is 36.8 Å². The fourth-order valence-electron chi connectivity index (χ4n) is 2.01. The van der Waals surface area contributed by atoms with E-state index in [0.717, 1.165) is 15.5 Å². The fourth-order valence-corrected chi connectivity index (χ4v) is 3.19. The van der Waals surface area contributed by atoms with Crippen LogP contribution in [-0.2, 0) is 0 Å². The van der Waals surface area contributed by atoms with Gasteiger partial charge >= 0.3 is 0 Å². The molecule has 0 aliphatic carbocycles. The van der Waals surface area contributed by atoms with Crippen LogP contribution in [-0.4, -0.2) is 9.55 Å². The van der Waals surface area contributed by atoms with E-state index in [1.807, 2.05) is 18.2 Å². The van der Waals surface area contributed by atoms with Crippen molar-refractivity contribution in [3.05, 3.63) is 55.9 Å². The third-order valence-corrected chi connectivity index (χ3v) is 4.22. The average molecular weight is 402 g/mol. The Hall–Kier alpha value is -0.980. The molecule has 0 aliphatic heterocycles. The van der Waals surface area contributed by atoms with Crippen molar-refractivity contribution in [2.24, 2.45) is 0 Å². The van der Waals surface area contributed by atoms with Crippen LogP contribution in [0.25, 0.3) is 16.7 Å². The molecule has 0 saturated carbocycles. The number of benzene rings is 2. The van der Waals surface area contributed by atoms with Gasteiger partial charge in [0, 0.05) is 8.95 Å². The number of rotatable bonds is 1. The average Bonchev–Trinajstić information content (AvgIpc) is 2.65. The number of hydrogen-bond donors (Lipinski definition) is 1. The van der Waals surface area contributed by atoms with Gasteiger partial charge in [-0.2, -0.15) is 0 Å². The molecule has 0 atom stereocenters. The minimum absolute atomic E-state index is 0.325. The normalized spacial score (nSPS) is 11.1. The first kappa shape index (κ1) is 13.0. The van der Waals surface area contributed by atoms with Gasteiger partial charge in [-0.25, -0.2) is 4.39 Å². The highest BCUT2D eigenvalue weighted by atomic mass is 79.9. The lowest BCUT2D eigenvalue weighted by atomic mass is 10.2. The van der Waals surface area contributed by atoms with Crippen molar-refractivity contribution in [2.75, 3.05) is 0 Å². The molecule has 3 aromatic rings. The van der Waals surface area contributed by atoms with Crippen LogP contribution in [0.5, 0.6) is 0 Å². The van der Waals surface area contributed by atoms with E-state index in [9.17, 15) is 4.39 Å². The molecule has 1 heterocycles. The summed E-state index contributed by atoms with van der Waals surface area (Å²) in [4.78, 5) is 3.08. The first-order chi connectivity index (χ1) is 9.08. The monoisotopic (exact) mass is 400 g/mol. The van der Waals surface area contributed by atoms with Crippen LogP contribution in [0.1, 0.15) is 0 Å². The summed E-state index contributed by atoms with van der Waals surface area (Å²) in [7, 11) is 0. The van der Waals surface area contributed by atoms with Gasteiger partial charge in [0.25, 0.3) is 0 Å². The quantitative estimate of drug-likeness (QED) is 0.545. The highest BCUT2D eigenvalue weighted by Crippen LogP contribution is 2.29. The molecule has 3 rings (SSSR count). The molecule has 2 aromatic carbocycles. The molecule has 0 unspecified atom stereocenters. The maximum absolute atomic E-state index is 14.1. The Morgan fingerprint density at radius 1 is 1.16 bits per heavy atom. The predicted octanol–water partition coefficient (Wildman–Crippen LogP) is 5.35. The minimum Gasteiger partial charge on any atom is -0.330 e. The van der Waals surface area contributed by atoms with Crippen LogP contribution in [0.15, 0.2) is 45.3 Å². The second-order valence-electron chi connectivity index (χ2n) is 4.00. The third-order valence-electron chi connectivity index (χ3n) is 2.81. The minimum atomic E-state index is -0.325. The highest BCUT2D eigenvalue weighted by Gasteiger charge is 2.13. The fraction of sp³-hybridized carbons (Fsp3) is 0. The van der Waals surface area contributed by atoms with E-state index >= 15 is 0 Å². The molecule has 0 aliphatic rings. The standard InChI is InChI=1S/C13H7Br2FN2S/c14-7-4-5-11-10(6-7)17-13(19)18(11)12-8(15)2-1-3-9(12)16/h1-6H,(H,17,19). The molecule has 0 bridgehead atoms. The third kappa shape index (κ3) is 2.17. The molecular formula is C13H7Br2FN2S. The second kappa shape index (κ2) is 4.85. The van der Waals surface area contributed by atoms with Gasteiger partial charge in [0.15, 0.2) is 4.77 Å². The van der Waals surface area contributed by atoms with Crippen molar-refractivity contribution in [1.29, 1.82) is 0 Å². The Bertz CT molecular complexity index is 818. The topological polar surface area (TPSA) is 20.7 Å². The Morgan fingerprint density at radius 2 is 1.95 bits per heavy atom. The molecule has 0 radical (unpaired) electrons. The summed E-state index contributed by atoms with van der Waals surface area (Å²) in [6.45, 7) is 0. The van der Waals surface area contributed by atoms with Gasteiger partial charge in [0.05, 0.1) is 16.7 Å². The highest BCUT2D eigenvalue weighted by molar-refractivity contribution is 9.10. The molecule has 0 saturated heterocycles. The smallest absolute Gasteiger partial charge is 0.182 e. The Balaban J connectivity index is 2.43. The maximum atomic E-state index is 14.1. The lowest BCUT2D eigenvalue weighted by Gasteiger charge is -2.08. The van der Waals surface area contributed by atoms with Gasteiger partial charge in [0.2, 0.25) is 0 Å². The largest absolute Gasteiger partial charge is 0.330 e. The number of aromatic nitrogens is 2. The van der Waals surface area contributed by atoms with E-state index in [0.29, 0.717) is 14.9 Å². The van der Waals surface area contributed by atoms with Crippen molar-refractivity contribution in [3.8, 4) is 5.69 Å². The van der Waals surface area contributed by atoms with E-state index in [-0.39, 0.29) is 5.82 Å². The van der Waals surface area contributed by atoms with E-state index < -0.39 is 0 Å². The van der Waals surface area contributed by atoms with Gasteiger partial charge in [0.1, 0.15) is 5.82 Å². The summed E-state index contributed by atoms with van der Waals surface area (Å²) in [5, 5.41) is 0. The molecule has 0 spiro atoms. The van der Waals surface area contributed by atoms with Crippen LogP contribution in [0.4, 0.5) is 4.39 Å². The number of aromatic amines is 1. The first-order valence-electron chi connectivity index (χ1n) is 5.42. The van der Waals surface area contributed by atoms with Crippen molar-refractivity contribution < 1.29 is 4.39 Å². The molecule has 6 heteroatoms. The molecular weight excluding hydrogens is 395 g/mol. The van der Waals surface area contributed by atoms with Gasteiger partial charge < -0.3 is 4.98 Å². The number of halogens is 3. The van der Waals surface area contributed by atoms with Crippen molar-refractivity contribution in [3.63, 3.8) is 0 Å². The second-order valence-corrected chi connectivity index (χ2v) is 6.15. The van der Waals surface area contributed by atoms with Crippen LogP contribution in [0.2, 0.25) is 0 Å². The molecule has 0 amide bonds. The molecule has 96 valence electrons. The number of nitrogens with one attached hydrogen (secondary N) is 1. The number of para-hydroxylation sites is 1. The van der Waals surface area contributed by atoms with Crippen LogP contribution in [0.3, 0.4) is 0 Å². The zero-order valence-electron chi connectivity index (χ0n) is 9.45. The number of nitrogens with zero attached hydrogens (tertiary/aromatic N) is 1. The van der Waals surface area contributed by atoms with E-state index in [1.54, 1.807) is 16.7 Å². The van der Waals surface area contributed by atoms with Crippen LogP contribution >= 0.6 is 44.1 Å². The summed E-state index contributed by atoms with van der Waals surface area (Å²) >= 11 is 12.1. The lowest BCUT2D eigenvalue weighted by molar-refractivity contribution is 0.617. The SMILES string of the molecule is Fc1cccc(Br)c1-n1c(=S)[nH]c2cc(Br)ccc21. The first-order valence-corrected chi connectivity index (χ1v) is 7.42. The molecule has 19 heavy (non-hydrogen) atoms. The van der Waals surface area contributed by atoms with E-state index in [4.69, 9.17) is 12.2 Å². The van der Waals surface area contributed by atoms with Crippen molar-refractivity contribution in [1.82, 2.24) is 9.55 Å². The summed E-state index contributed by atoms with van der Waals surface area (Å²) < 4.78 is 17.8. The van der Waals surface area contributed by atoms with Crippen LogP contribution < -0.4 is 0 Å². The number of imidazole rings is 1. The maximum Gasteiger partial charge on any atom is 0.182 e. The lowest BCUT2D eigenvalue weighted by Crippen LogP contribution is -1.98. The zero-order valence-corrected chi connectivity index (χ0v) is 13.4.